The molecule has 1 fully saturated rings. The molecule has 0 radical (unpaired) electrons. The summed E-state index contributed by atoms with van der Waals surface area (Å²) in [7, 11) is 0. The van der Waals surface area contributed by atoms with Crippen molar-refractivity contribution in [2.75, 3.05) is 13.1 Å². The molecule has 17 heavy (non-hydrogen) atoms. The summed E-state index contributed by atoms with van der Waals surface area (Å²) in [6, 6.07) is 4.18. The van der Waals surface area contributed by atoms with Crippen LogP contribution >= 0.6 is 12.2 Å². The highest BCUT2D eigenvalue weighted by Crippen LogP contribution is 2.17. The number of aryl methyl sites for hydroxylation is 1. The molecule has 0 saturated carbocycles. The van der Waals surface area contributed by atoms with E-state index in [1.54, 1.807) is 0 Å². The van der Waals surface area contributed by atoms with E-state index in [0.29, 0.717) is 5.92 Å². The van der Waals surface area contributed by atoms with Crippen LogP contribution in [0.1, 0.15) is 31.2 Å². The molecule has 0 atom stereocenters. The Morgan fingerprint density at radius 3 is 2.71 bits per heavy atom. The summed E-state index contributed by atoms with van der Waals surface area (Å²) < 4.78 is 0. The molecule has 1 aromatic rings. The van der Waals surface area contributed by atoms with Crippen LogP contribution in [0.25, 0.3) is 0 Å². The number of nitrogens with one attached hydrogen (secondary N) is 1. The Labute approximate surface area is 109 Å². The highest BCUT2D eigenvalue weighted by Gasteiger charge is 2.16. The van der Waals surface area contributed by atoms with Crippen molar-refractivity contribution in [3.63, 3.8) is 0 Å². The van der Waals surface area contributed by atoms with E-state index in [0.717, 1.165) is 25.9 Å². The van der Waals surface area contributed by atoms with E-state index in [1.165, 1.54) is 29.7 Å². The Balaban J connectivity index is 1.69. The maximum atomic E-state index is 5.55. The summed E-state index contributed by atoms with van der Waals surface area (Å²) in [5, 5.41) is 3.38. The largest absolute Gasteiger partial charge is 0.317 e. The fourth-order valence-electron chi connectivity index (χ4n) is 2.36. The van der Waals surface area contributed by atoms with Gasteiger partial charge in [0.15, 0.2) is 0 Å². The smallest absolute Gasteiger partial charge is 0.0270 e. The lowest BCUT2D eigenvalue weighted by molar-refractivity contribution is 0.455. The molecule has 0 unspecified atom stereocenters. The molecule has 1 aromatic heterocycles. The van der Waals surface area contributed by atoms with E-state index in [4.69, 9.17) is 12.2 Å². The first kappa shape index (κ1) is 12.7. The quantitative estimate of drug-likeness (QED) is 0.811. The third kappa shape index (κ3) is 4.17. The van der Waals surface area contributed by atoms with Crippen LogP contribution in [0.4, 0.5) is 0 Å². The van der Waals surface area contributed by atoms with Crippen molar-refractivity contribution >= 4 is 17.1 Å². The molecule has 1 saturated heterocycles. The Morgan fingerprint density at radius 1 is 1.29 bits per heavy atom. The Kier molecular flexibility index (Phi) is 5.08. The Bertz CT molecular complexity index is 344. The minimum absolute atomic E-state index is 0.684. The fraction of sp³-hybridized carbons (Fsp3) is 0.571. The Hall–Kier alpha value is -0.800. The SMILES string of the molecule is S=C(CCCc1ccncc1)C1CCNCC1. The maximum absolute atomic E-state index is 5.55. The normalized spacial score (nSPS) is 16.9. The summed E-state index contributed by atoms with van der Waals surface area (Å²) in [4.78, 5) is 5.32. The van der Waals surface area contributed by atoms with E-state index in [9.17, 15) is 0 Å². The molecule has 1 aliphatic rings. The van der Waals surface area contributed by atoms with Crippen molar-refractivity contribution in [2.24, 2.45) is 5.92 Å². The number of nitrogens with zero attached hydrogens (tertiary/aromatic N) is 1. The van der Waals surface area contributed by atoms with Gasteiger partial charge in [-0.1, -0.05) is 12.2 Å². The van der Waals surface area contributed by atoms with Crippen LogP contribution < -0.4 is 5.32 Å². The van der Waals surface area contributed by atoms with Crippen LogP contribution in [0.15, 0.2) is 24.5 Å². The van der Waals surface area contributed by atoms with Crippen LogP contribution in [0.2, 0.25) is 0 Å². The molecule has 0 amide bonds. The van der Waals surface area contributed by atoms with Crippen LogP contribution in [-0.2, 0) is 6.42 Å². The first-order valence-electron chi connectivity index (χ1n) is 6.48. The van der Waals surface area contributed by atoms with Gasteiger partial charge in [0.25, 0.3) is 0 Å². The van der Waals surface area contributed by atoms with Crippen molar-refractivity contribution < 1.29 is 0 Å². The van der Waals surface area contributed by atoms with Gasteiger partial charge in [-0.15, -0.1) is 0 Å². The number of hydrogen-bond acceptors (Lipinski definition) is 3. The van der Waals surface area contributed by atoms with Gasteiger partial charge in [0.05, 0.1) is 0 Å². The molecule has 2 heterocycles. The molecule has 1 N–H and O–H groups in total. The lowest BCUT2D eigenvalue weighted by atomic mass is 9.91. The molecule has 1 aliphatic heterocycles. The molecular weight excluding hydrogens is 228 g/mol. The number of rotatable bonds is 5. The average molecular weight is 248 g/mol. The molecule has 0 aliphatic carbocycles. The van der Waals surface area contributed by atoms with E-state index in [2.05, 4.69) is 22.4 Å². The summed E-state index contributed by atoms with van der Waals surface area (Å²) >= 11 is 5.55. The number of aromatic nitrogens is 1. The Morgan fingerprint density at radius 2 is 2.00 bits per heavy atom. The first-order valence-corrected chi connectivity index (χ1v) is 6.89. The van der Waals surface area contributed by atoms with Gasteiger partial charge in [0, 0.05) is 12.4 Å². The van der Waals surface area contributed by atoms with Crippen molar-refractivity contribution in [2.45, 2.75) is 32.1 Å². The second-order valence-corrected chi connectivity index (χ2v) is 5.22. The summed E-state index contributed by atoms with van der Waals surface area (Å²) in [6.45, 7) is 2.27. The number of pyridine rings is 1. The van der Waals surface area contributed by atoms with Crippen LogP contribution in [0, 0.1) is 5.92 Å². The molecule has 0 spiro atoms. The van der Waals surface area contributed by atoms with Gasteiger partial charge in [-0.05, 0) is 73.7 Å². The van der Waals surface area contributed by atoms with E-state index in [1.807, 2.05) is 12.4 Å². The molecule has 0 aromatic carbocycles. The summed E-state index contributed by atoms with van der Waals surface area (Å²) in [6.07, 6.45) is 9.58. The lowest BCUT2D eigenvalue weighted by Gasteiger charge is -2.23. The van der Waals surface area contributed by atoms with Gasteiger partial charge < -0.3 is 5.32 Å². The standard InChI is InChI=1S/C14H20N2S/c17-14(13-6-10-16-11-7-13)3-1-2-12-4-8-15-9-5-12/h4-5,8-9,13,16H,1-3,6-7,10-11H2. The predicted octanol–water partition coefficient (Wildman–Crippen LogP) is 2.77. The van der Waals surface area contributed by atoms with Crippen molar-refractivity contribution in [3.8, 4) is 0 Å². The third-order valence-electron chi connectivity index (χ3n) is 3.43. The van der Waals surface area contributed by atoms with E-state index in [-0.39, 0.29) is 0 Å². The molecule has 2 rings (SSSR count). The zero-order valence-corrected chi connectivity index (χ0v) is 11.0. The lowest BCUT2D eigenvalue weighted by Crippen LogP contribution is -2.31. The number of thiocarbonyl (C=S) groups is 1. The molecule has 2 nitrogen and oxygen atoms in total. The van der Waals surface area contributed by atoms with Gasteiger partial charge in [-0.25, -0.2) is 0 Å². The van der Waals surface area contributed by atoms with Gasteiger partial charge in [0.1, 0.15) is 0 Å². The van der Waals surface area contributed by atoms with Crippen LogP contribution in [0.3, 0.4) is 0 Å². The van der Waals surface area contributed by atoms with Crippen LogP contribution in [0.5, 0.6) is 0 Å². The first-order chi connectivity index (χ1) is 8.36. The molecule has 3 heteroatoms. The topological polar surface area (TPSA) is 24.9 Å². The highest BCUT2D eigenvalue weighted by molar-refractivity contribution is 7.80. The zero-order chi connectivity index (χ0) is 11.9. The molecular formula is C14H20N2S. The molecule has 92 valence electrons. The van der Waals surface area contributed by atoms with Crippen molar-refractivity contribution in [1.82, 2.24) is 10.3 Å². The van der Waals surface area contributed by atoms with Crippen molar-refractivity contribution in [3.05, 3.63) is 30.1 Å². The van der Waals surface area contributed by atoms with Crippen molar-refractivity contribution in [1.29, 1.82) is 0 Å². The molecule has 0 bridgehead atoms. The minimum Gasteiger partial charge on any atom is -0.317 e. The van der Waals surface area contributed by atoms with Gasteiger partial charge >= 0.3 is 0 Å². The second kappa shape index (κ2) is 6.82. The van der Waals surface area contributed by atoms with E-state index < -0.39 is 0 Å². The summed E-state index contributed by atoms with van der Waals surface area (Å²) in [5.74, 6) is 0.684. The third-order valence-corrected chi connectivity index (χ3v) is 3.97. The van der Waals surface area contributed by atoms with Gasteiger partial charge in [0.2, 0.25) is 0 Å². The average Bonchev–Trinajstić information content (AvgIpc) is 2.41. The zero-order valence-electron chi connectivity index (χ0n) is 10.2. The maximum Gasteiger partial charge on any atom is 0.0270 e. The highest BCUT2D eigenvalue weighted by atomic mass is 32.1. The van der Waals surface area contributed by atoms with E-state index >= 15 is 0 Å². The monoisotopic (exact) mass is 248 g/mol. The van der Waals surface area contributed by atoms with Gasteiger partial charge in [-0.2, -0.15) is 0 Å². The number of piperidine rings is 1. The summed E-state index contributed by atoms with van der Waals surface area (Å²) in [5.41, 5.74) is 1.37. The predicted molar refractivity (Wildman–Crippen MR) is 75.4 cm³/mol. The number of hydrogen-bond donors (Lipinski definition) is 1. The second-order valence-electron chi connectivity index (χ2n) is 4.70. The van der Waals surface area contributed by atoms with Gasteiger partial charge in [-0.3, -0.25) is 4.98 Å². The minimum atomic E-state index is 0.684. The van der Waals surface area contributed by atoms with Crippen LogP contribution in [-0.4, -0.2) is 22.9 Å². The fourth-order valence-corrected chi connectivity index (χ4v) is 2.74.